The van der Waals surface area contributed by atoms with Crippen LogP contribution in [0.2, 0.25) is 5.02 Å². The van der Waals surface area contributed by atoms with Crippen LogP contribution < -0.4 is 5.32 Å². The minimum absolute atomic E-state index is 0.0149. The van der Waals surface area contributed by atoms with E-state index < -0.39 is 18.0 Å². The van der Waals surface area contributed by atoms with Gasteiger partial charge in [-0.2, -0.15) is 0 Å². The molecule has 4 N–H and O–H groups in total. The Morgan fingerprint density at radius 3 is 2.04 bits per heavy atom. The summed E-state index contributed by atoms with van der Waals surface area (Å²) in [6.45, 7) is 8.20. The van der Waals surface area contributed by atoms with Gasteiger partial charge in [0.05, 0.1) is 6.10 Å². The second-order valence-corrected chi connectivity index (χ2v) is 6.63. The summed E-state index contributed by atoms with van der Waals surface area (Å²) in [5, 5.41) is 29.8. The number of hydrogen-bond acceptors (Lipinski definition) is 4. The van der Waals surface area contributed by atoms with Crippen LogP contribution in [0.5, 0.6) is 0 Å². The molecule has 0 fully saturated rings. The highest BCUT2D eigenvalue weighted by molar-refractivity contribution is 6.30. The summed E-state index contributed by atoms with van der Waals surface area (Å²) in [6.07, 6.45) is 0.572. The molecular formula is C17H24ClNO5. The fourth-order valence-corrected chi connectivity index (χ4v) is 2.08. The van der Waals surface area contributed by atoms with Gasteiger partial charge in [-0.05, 0) is 45.4 Å². The Kier molecular flexibility index (Phi) is 9.28. The molecule has 134 valence electrons. The zero-order valence-electron chi connectivity index (χ0n) is 14.2. The molecule has 0 aliphatic heterocycles. The Hall–Kier alpha value is -1.89. The standard InChI is InChI=1S/C13H20ClNO.C4H4O4/c1-9(15-13(2,3)4)12(16)10-6-5-7-11(14)8-10;5-3(6)1-2-4(7)8/h5-9,12,15-16H,1-4H3;1-2H,(H,5,6)(H,7,8)/t9-,12+;/m1./s1. The molecule has 1 aromatic carbocycles. The molecule has 1 rings (SSSR count). The van der Waals surface area contributed by atoms with Crippen LogP contribution in [0.25, 0.3) is 0 Å². The average Bonchev–Trinajstić information content (AvgIpc) is 2.43. The third kappa shape index (κ3) is 10.8. The summed E-state index contributed by atoms with van der Waals surface area (Å²) in [5.41, 5.74) is 0.829. The van der Waals surface area contributed by atoms with Crippen molar-refractivity contribution in [2.24, 2.45) is 0 Å². The van der Waals surface area contributed by atoms with Crippen LogP contribution in [-0.2, 0) is 9.59 Å². The number of aliphatic hydroxyl groups is 1. The molecule has 0 radical (unpaired) electrons. The van der Waals surface area contributed by atoms with Gasteiger partial charge in [-0.15, -0.1) is 0 Å². The van der Waals surface area contributed by atoms with E-state index in [0.29, 0.717) is 17.2 Å². The second kappa shape index (κ2) is 10.1. The summed E-state index contributed by atoms with van der Waals surface area (Å²) in [7, 11) is 0. The topological polar surface area (TPSA) is 107 Å². The highest BCUT2D eigenvalue weighted by atomic mass is 35.5. The lowest BCUT2D eigenvalue weighted by molar-refractivity contribution is -0.134. The molecule has 24 heavy (non-hydrogen) atoms. The van der Waals surface area contributed by atoms with Crippen molar-refractivity contribution in [3.63, 3.8) is 0 Å². The first-order valence-corrected chi connectivity index (χ1v) is 7.65. The first-order chi connectivity index (χ1) is 10.9. The molecular weight excluding hydrogens is 334 g/mol. The van der Waals surface area contributed by atoms with Crippen LogP contribution in [0.4, 0.5) is 0 Å². The largest absolute Gasteiger partial charge is 0.478 e. The monoisotopic (exact) mass is 357 g/mol. The lowest BCUT2D eigenvalue weighted by atomic mass is 10.00. The van der Waals surface area contributed by atoms with Gasteiger partial charge in [0, 0.05) is 28.8 Å². The summed E-state index contributed by atoms with van der Waals surface area (Å²) >= 11 is 5.90. The van der Waals surface area contributed by atoms with Crippen LogP contribution in [0.3, 0.4) is 0 Å². The minimum atomic E-state index is -1.26. The van der Waals surface area contributed by atoms with Gasteiger partial charge in [0.15, 0.2) is 0 Å². The van der Waals surface area contributed by atoms with Gasteiger partial charge in [-0.1, -0.05) is 23.7 Å². The fraction of sp³-hybridized carbons (Fsp3) is 0.412. The molecule has 0 unspecified atom stereocenters. The molecule has 0 aliphatic carbocycles. The molecule has 0 spiro atoms. The van der Waals surface area contributed by atoms with E-state index in [4.69, 9.17) is 21.8 Å². The van der Waals surface area contributed by atoms with E-state index in [1.165, 1.54) is 0 Å². The first-order valence-electron chi connectivity index (χ1n) is 7.27. The van der Waals surface area contributed by atoms with Crippen LogP contribution >= 0.6 is 11.6 Å². The van der Waals surface area contributed by atoms with Gasteiger partial charge in [-0.25, -0.2) is 9.59 Å². The molecule has 0 aromatic heterocycles. The van der Waals surface area contributed by atoms with Crippen LogP contribution in [-0.4, -0.2) is 38.8 Å². The quantitative estimate of drug-likeness (QED) is 0.604. The molecule has 2 atom stereocenters. The van der Waals surface area contributed by atoms with E-state index in [1.807, 2.05) is 19.1 Å². The van der Waals surface area contributed by atoms with Gasteiger partial charge < -0.3 is 20.6 Å². The molecule has 0 bridgehead atoms. The number of rotatable bonds is 5. The van der Waals surface area contributed by atoms with Crippen molar-refractivity contribution in [3.8, 4) is 0 Å². The molecule has 0 aliphatic rings. The number of halogens is 1. The number of carboxylic acid groups (broad SMARTS) is 2. The van der Waals surface area contributed by atoms with Crippen molar-refractivity contribution < 1.29 is 24.9 Å². The first kappa shape index (κ1) is 22.1. The minimum Gasteiger partial charge on any atom is -0.478 e. The Morgan fingerprint density at radius 1 is 1.17 bits per heavy atom. The summed E-state index contributed by atoms with van der Waals surface area (Å²) in [5.74, 6) is -2.51. The van der Waals surface area contributed by atoms with Gasteiger partial charge >= 0.3 is 11.9 Å². The third-order valence-corrected chi connectivity index (χ3v) is 2.93. The highest BCUT2D eigenvalue weighted by Crippen LogP contribution is 2.21. The molecule has 7 heteroatoms. The molecule has 1 aromatic rings. The van der Waals surface area contributed by atoms with Gasteiger partial charge in [-0.3, -0.25) is 0 Å². The lowest BCUT2D eigenvalue weighted by Gasteiger charge is -2.29. The lowest BCUT2D eigenvalue weighted by Crippen LogP contribution is -2.44. The van der Waals surface area contributed by atoms with Crippen molar-refractivity contribution in [3.05, 3.63) is 47.0 Å². The summed E-state index contributed by atoms with van der Waals surface area (Å²) in [4.78, 5) is 19.1. The summed E-state index contributed by atoms with van der Waals surface area (Å²) < 4.78 is 0. The van der Waals surface area contributed by atoms with Crippen molar-refractivity contribution in [1.29, 1.82) is 0 Å². The Balaban J connectivity index is 0.000000561. The van der Waals surface area contributed by atoms with Crippen molar-refractivity contribution in [2.75, 3.05) is 0 Å². The van der Waals surface area contributed by atoms with Crippen LogP contribution in [0.15, 0.2) is 36.4 Å². The number of carboxylic acids is 2. The van der Waals surface area contributed by atoms with Crippen molar-refractivity contribution in [1.82, 2.24) is 5.32 Å². The van der Waals surface area contributed by atoms with Crippen molar-refractivity contribution >= 4 is 23.5 Å². The van der Waals surface area contributed by atoms with E-state index in [9.17, 15) is 14.7 Å². The van der Waals surface area contributed by atoms with Crippen LogP contribution in [0, 0.1) is 0 Å². The SMILES string of the molecule is C[C@@H](NC(C)(C)C)[C@H](O)c1cccc(Cl)c1.O=C(O)C=CC(=O)O. The zero-order chi connectivity index (χ0) is 18.9. The molecule has 0 amide bonds. The summed E-state index contributed by atoms with van der Waals surface area (Å²) in [6, 6.07) is 7.33. The molecule has 6 nitrogen and oxygen atoms in total. The predicted octanol–water partition coefficient (Wildman–Crippen LogP) is 2.86. The predicted molar refractivity (Wildman–Crippen MR) is 93.2 cm³/mol. The average molecular weight is 358 g/mol. The van der Waals surface area contributed by atoms with Crippen LogP contribution in [0.1, 0.15) is 39.4 Å². The Bertz CT molecular complexity index is 565. The maximum Gasteiger partial charge on any atom is 0.328 e. The number of benzene rings is 1. The maximum absolute atomic E-state index is 10.2. The van der Waals surface area contributed by atoms with Gasteiger partial charge in [0.25, 0.3) is 0 Å². The highest BCUT2D eigenvalue weighted by Gasteiger charge is 2.21. The zero-order valence-corrected chi connectivity index (χ0v) is 14.9. The van der Waals surface area contributed by atoms with E-state index >= 15 is 0 Å². The smallest absolute Gasteiger partial charge is 0.328 e. The number of nitrogens with one attached hydrogen (secondary N) is 1. The number of aliphatic carboxylic acids is 2. The number of aliphatic hydroxyl groups excluding tert-OH is 1. The molecule has 0 saturated heterocycles. The normalized spacial score (nSPS) is 13.8. The molecule has 0 heterocycles. The Morgan fingerprint density at radius 2 is 1.67 bits per heavy atom. The van der Waals surface area contributed by atoms with E-state index in [-0.39, 0.29) is 11.6 Å². The molecule has 0 saturated carbocycles. The van der Waals surface area contributed by atoms with E-state index in [2.05, 4.69) is 26.1 Å². The second-order valence-electron chi connectivity index (χ2n) is 6.19. The number of carbonyl (C=O) groups is 2. The van der Waals surface area contributed by atoms with Crippen molar-refractivity contribution in [2.45, 2.75) is 45.4 Å². The third-order valence-electron chi connectivity index (χ3n) is 2.69. The van der Waals surface area contributed by atoms with Gasteiger partial charge in [0.1, 0.15) is 0 Å². The number of hydrogen-bond donors (Lipinski definition) is 4. The van der Waals surface area contributed by atoms with E-state index in [0.717, 1.165) is 5.56 Å². The maximum atomic E-state index is 10.2. The van der Waals surface area contributed by atoms with Gasteiger partial charge in [0.2, 0.25) is 0 Å². The fourth-order valence-electron chi connectivity index (χ4n) is 1.88. The Labute approximate surface area is 146 Å². The van der Waals surface area contributed by atoms with E-state index in [1.54, 1.807) is 12.1 Å².